The largest absolute Gasteiger partial charge is 0.479 e. The summed E-state index contributed by atoms with van der Waals surface area (Å²) in [5.41, 5.74) is -1.07. The van der Waals surface area contributed by atoms with Gasteiger partial charge in [0.2, 0.25) is 5.60 Å². The molecule has 1 N–H and O–H groups in total. The van der Waals surface area contributed by atoms with Crippen LogP contribution in [0.4, 0.5) is 8.78 Å². The highest BCUT2D eigenvalue weighted by molar-refractivity contribution is 5.82. The second kappa shape index (κ2) is 3.83. The summed E-state index contributed by atoms with van der Waals surface area (Å²) in [6, 6.07) is 8.61. The number of halogens is 2. The molecule has 0 aliphatic carbocycles. The molecule has 5 heteroatoms. The van der Waals surface area contributed by atoms with Crippen molar-refractivity contribution in [3.8, 4) is 0 Å². The third-order valence-corrected chi connectivity index (χ3v) is 2.64. The van der Waals surface area contributed by atoms with Crippen molar-refractivity contribution >= 4 is 5.97 Å². The number of hydrogen-bond acceptors (Lipinski definition) is 2. The van der Waals surface area contributed by atoms with Gasteiger partial charge in [0.25, 0.3) is 6.43 Å². The van der Waals surface area contributed by atoms with Gasteiger partial charge in [0.1, 0.15) is 0 Å². The molecular weight excluding hydrogens is 218 g/mol. The number of carboxylic acid groups (broad SMARTS) is 1. The summed E-state index contributed by atoms with van der Waals surface area (Å²) in [6.45, 7) is 0. The average Bonchev–Trinajstić information content (AvgIpc) is 2.95. The van der Waals surface area contributed by atoms with Crippen molar-refractivity contribution in [3.05, 3.63) is 35.9 Å². The molecule has 1 aromatic carbocycles. The van der Waals surface area contributed by atoms with E-state index in [1.807, 2.05) is 0 Å². The topological polar surface area (TPSA) is 49.8 Å². The zero-order chi connectivity index (χ0) is 11.8. The van der Waals surface area contributed by atoms with Gasteiger partial charge in [-0.25, -0.2) is 13.6 Å². The zero-order valence-electron chi connectivity index (χ0n) is 8.27. The molecule has 0 radical (unpaired) electrons. The summed E-state index contributed by atoms with van der Waals surface area (Å²) in [5.74, 6) is -1.33. The van der Waals surface area contributed by atoms with Gasteiger partial charge in [0.05, 0.1) is 0 Å². The average molecular weight is 228 g/mol. The standard InChI is InChI=1S/C11H10F2O3/c12-9(13)8-11(16-8,10(14)15)6-7-4-2-1-3-5-7/h1-5,8-9H,6H2,(H,14,15). The SMILES string of the molecule is O=C(O)C1(Cc2ccccc2)OC1C(F)F. The van der Waals surface area contributed by atoms with Crippen molar-refractivity contribution in [3.63, 3.8) is 0 Å². The summed E-state index contributed by atoms with van der Waals surface area (Å²) in [7, 11) is 0. The number of benzene rings is 1. The van der Waals surface area contributed by atoms with Gasteiger partial charge < -0.3 is 9.84 Å². The van der Waals surface area contributed by atoms with Gasteiger partial charge in [-0.1, -0.05) is 30.3 Å². The lowest BCUT2D eigenvalue weighted by molar-refractivity contribution is -0.143. The predicted octanol–water partition coefficient (Wildman–Crippen LogP) is 1.72. The molecule has 1 fully saturated rings. The molecule has 0 spiro atoms. The van der Waals surface area contributed by atoms with Crippen LogP contribution in [0.2, 0.25) is 0 Å². The number of alkyl halides is 2. The van der Waals surface area contributed by atoms with E-state index < -0.39 is 24.1 Å². The zero-order valence-corrected chi connectivity index (χ0v) is 8.27. The van der Waals surface area contributed by atoms with Crippen LogP contribution in [-0.2, 0) is 16.0 Å². The summed E-state index contributed by atoms with van der Waals surface area (Å²) in [4.78, 5) is 10.9. The van der Waals surface area contributed by atoms with E-state index in [9.17, 15) is 13.6 Å². The van der Waals surface area contributed by atoms with E-state index in [1.165, 1.54) is 0 Å². The van der Waals surface area contributed by atoms with Crippen molar-refractivity contribution < 1.29 is 23.4 Å². The fraction of sp³-hybridized carbons (Fsp3) is 0.364. The van der Waals surface area contributed by atoms with Crippen LogP contribution in [-0.4, -0.2) is 29.2 Å². The van der Waals surface area contributed by atoms with Crippen molar-refractivity contribution in [1.29, 1.82) is 0 Å². The monoisotopic (exact) mass is 228 g/mol. The van der Waals surface area contributed by atoms with Crippen molar-refractivity contribution in [1.82, 2.24) is 0 Å². The van der Waals surface area contributed by atoms with Crippen LogP contribution < -0.4 is 0 Å². The minimum absolute atomic E-state index is 0.0296. The normalized spacial score (nSPS) is 28.1. The second-order valence-corrected chi connectivity index (χ2v) is 3.73. The lowest BCUT2D eigenvalue weighted by atomic mass is 9.96. The maximum absolute atomic E-state index is 12.4. The Morgan fingerprint density at radius 1 is 1.44 bits per heavy atom. The lowest BCUT2D eigenvalue weighted by Gasteiger charge is -2.07. The highest BCUT2D eigenvalue weighted by atomic mass is 19.3. The van der Waals surface area contributed by atoms with Gasteiger partial charge in [-0.2, -0.15) is 0 Å². The van der Waals surface area contributed by atoms with Gasteiger partial charge in [-0.3, -0.25) is 0 Å². The van der Waals surface area contributed by atoms with Crippen LogP contribution in [0.15, 0.2) is 30.3 Å². The molecule has 0 bridgehead atoms. The van der Waals surface area contributed by atoms with Crippen molar-refractivity contribution in [2.24, 2.45) is 0 Å². The molecule has 1 heterocycles. The summed E-state index contributed by atoms with van der Waals surface area (Å²) < 4.78 is 29.5. The molecule has 16 heavy (non-hydrogen) atoms. The first-order valence-electron chi connectivity index (χ1n) is 4.79. The molecule has 2 atom stereocenters. The van der Waals surface area contributed by atoms with Gasteiger partial charge in [-0.15, -0.1) is 0 Å². The summed E-state index contributed by atoms with van der Waals surface area (Å²) in [5, 5.41) is 8.93. The molecule has 86 valence electrons. The van der Waals surface area contributed by atoms with Gasteiger partial charge in [-0.05, 0) is 5.56 Å². The minimum atomic E-state index is -2.76. The fourth-order valence-electron chi connectivity index (χ4n) is 1.74. The first-order chi connectivity index (χ1) is 7.56. The highest BCUT2D eigenvalue weighted by Crippen LogP contribution is 2.43. The van der Waals surface area contributed by atoms with Crippen LogP contribution in [0.25, 0.3) is 0 Å². The molecule has 0 saturated carbocycles. The van der Waals surface area contributed by atoms with E-state index in [1.54, 1.807) is 30.3 Å². The third kappa shape index (κ3) is 1.78. The second-order valence-electron chi connectivity index (χ2n) is 3.73. The minimum Gasteiger partial charge on any atom is -0.479 e. The van der Waals surface area contributed by atoms with Crippen LogP contribution in [0, 0.1) is 0 Å². The molecular formula is C11H10F2O3. The van der Waals surface area contributed by atoms with E-state index in [4.69, 9.17) is 5.11 Å². The molecule has 0 aromatic heterocycles. The number of carbonyl (C=O) groups is 1. The Morgan fingerprint density at radius 3 is 2.50 bits per heavy atom. The van der Waals surface area contributed by atoms with Gasteiger partial charge in [0.15, 0.2) is 6.10 Å². The van der Waals surface area contributed by atoms with Crippen molar-refractivity contribution in [2.45, 2.75) is 24.6 Å². The van der Waals surface area contributed by atoms with Crippen molar-refractivity contribution in [2.75, 3.05) is 0 Å². The number of aliphatic carboxylic acids is 1. The Hall–Kier alpha value is -1.49. The number of hydrogen-bond donors (Lipinski definition) is 1. The maximum atomic E-state index is 12.4. The smallest absolute Gasteiger partial charge is 0.339 e. The van der Waals surface area contributed by atoms with E-state index in [0.717, 1.165) is 0 Å². The van der Waals surface area contributed by atoms with Crippen LogP contribution >= 0.6 is 0 Å². The molecule has 1 aliphatic rings. The maximum Gasteiger partial charge on any atom is 0.339 e. The molecule has 1 aliphatic heterocycles. The molecule has 3 nitrogen and oxygen atoms in total. The Kier molecular flexibility index (Phi) is 2.63. The predicted molar refractivity (Wildman–Crippen MR) is 51.4 cm³/mol. The molecule has 2 unspecified atom stereocenters. The number of ether oxygens (including phenoxy) is 1. The van der Waals surface area contributed by atoms with Gasteiger partial charge in [0, 0.05) is 6.42 Å². The quantitative estimate of drug-likeness (QED) is 0.798. The lowest BCUT2D eigenvalue weighted by Crippen LogP contribution is -2.32. The van der Waals surface area contributed by atoms with E-state index in [-0.39, 0.29) is 6.42 Å². The van der Waals surface area contributed by atoms with Crippen LogP contribution in [0.3, 0.4) is 0 Å². The summed E-state index contributed by atoms with van der Waals surface area (Å²) >= 11 is 0. The molecule has 0 amide bonds. The Morgan fingerprint density at radius 2 is 2.06 bits per heavy atom. The van der Waals surface area contributed by atoms with E-state index in [0.29, 0.717) is 5.56 Å². The van der Waals surface area contributed by atoms with Crippen LogP contribution in [0.1, 0.15) is 5.56 Å². The Labute approximate surface area is 90.7 Å². The third-order valence-electron chi connectivity index (χ3n) is 2.64. The summed E-state index contributed by atoms with van der Waals surface area (Å²) in [6.07, 6.45) is -4.29. The van der Waals surface area contributed by atoms with Crippen LogP contribution in [0.5, 0.6) is 0 Å². The fourth-order valence-corrected chi connectivity index (χ4v) is 1.74. The first-order valence-corrected chi connectivity index (χ1v) is 4.79. The number of carboxylic acids is 1. The first kappa shape index (κ1) is 11.0. The Bertz CT molecular complexity index is 393. The number of epoxide rings is 1. The molecule has 2 rings (SSSR count). The van der Waals surface area contributed by atoms with Gasteiger partial charge >= 0.3 is 5.97 Å². The van der Waals surface area contributed by atoms with E-state index in [2.05, 4.69) is 4.74 Å². The molecule has 1 aromatic rings. The van der Waals surface area contributed by atoms with E-state index >= 15 is 0 Å². The molecule has 1 saturated heterocycles. The number of rotatable bonds is 4. The Balaban J connectivity index is 2.16. The highest BCUT2D eigenvalue weighted by Gasteiger charge is 2.67.